The molecule has 3 aromatic rings. The average Bonchev–Trinajstić information content (AvgIpc) is 2.97. The highest BCUT2D eigenvalue weighted by Crippen LogP contribution is 2.28. The summed E-state index contributed by atoms with van der Waals surface area (Å²) in [6.45, 7) is 3.74. The summed E-state index contributed by atoms with van der Waals surface area (Å²) in [5.41, 5.74) is 2.29. The number of benzene rings is 1. The Morgan fingerprint density at radius 3 is 2.26 bits per heavy atom. The summed E-state index contributed by atoms with van der Waals surface area (Å²) in [4.78, 5) is 8.49. The molecule has 0 amide bonds. The summed E-state index contributed by atoms with van der Waals surface area (Å²) in [6.07, 6.45) is -3.29. The monoisotopic (exact) mass is 318 g/mol. The molecule has 0 saturated heterocycles. The molecule has 0 radical (unpaired) electrons. The van der Waals surface area contributed by atoms with E-state index in [1.807, 2.05) is 31.2 Å². The first-order valence-electron chi connectivity index (χ1n) is 6.89. The normalized spacial score (nSPS) is 11.7. The van der Waals surface area contributed by atoms with Crippen molar-refractivity contribution in [1.29, 1.82) is 0 Å². The number of rotatable bonds is 2. The lowest BCUT2D eigenvalue weighted by atomic mass is 10.1. The predicted octanol–water partition coefficient (Wildman–Crippen LogP) is 3.96. The summed E-state index contributed by atoms with van der Waals surface area (Å²) in [7, 11) is 0. The molecule has 23 heavy (non-hydrogen) atoms. The SMILES string of the molecule is Cc1ccc(-c2cc(C)nc(-n3ccc(C(F)(F)F)n3)n2)cc1. The first kappa shape index (κ1) is 15.2. The minimum Gasteiger partial charge on any atom is -0.216 e. The van der Waals surface area contributed by atoms with Gasteiger partial charge in [0, 0.05) is 17.5 Å². The van der Waals surface area contributed by atoms with Gasteiger partial charge in [-0.15, -0.1) is 0 Å². The maximum Gasteiger partial charge on any atom is 0.435 e. The maximum atomic E-state index is 12.7. The zero-order chi connectivity index (χ0) is 16.6. The van der Waals surface area contributed by atoms with Gasteiger partial charge in [-0.1, -0.05) is 29.8 Å². The molecule has 0 N–H and O–H groups in total. The van der Waals surface area contributed by atoms with E-state index < -0.39 is 11.9 Å². The van der Waals surface area contributed by atoms with Gasteiger partial charge in [0.05, 0.1) is 5.69 Å². The van der Waals surface area contributed by atoms with Gasteiger partial charge in [-0.2, -0.15) is 18.3 Å². The molecule has 0 aliphatic heterocycles. The molecule has 0 aliphatic rings. The molecule has 2 heterocycles. The second-order valence-electron chi connectivity index (χ2n) is 5.20. The average molecular weight is 318 g/mol. The molecule has 0 unspecified atom stereocenters. The van der Waals surface area contributed by atoms with E-state index in [0.717, 1.165) is 21.9 Å². The summed E-state index contributed by atoms with van der Waals surface area (Å²) < 4.78 is 39.0. The minimum atomic E-state index is -4.49. The van der Waals surface area contributed by atoms with Gasteiger partial charge < -0.3 is 0 Å². The van der Waals surface area contributed by atoms with Gasteiger partial charge >= 0.3 is 6.18 Å². The Labute approximate surface area is 130 Å². The standard InChI is InChI=1S/C16H13F3N4/c1-10-3-5-12(6-4-10)13-9-11(2)20-15(21-13)23-8-7-14(22-23)16(17,18)19/h3-9H,1-2H3. The molecule has 0 aliphatic carbocycles. The van der Waals surface area contributed by atoms with Crippen LogP contribution in [0.3, 0.4) is 0 Å². The Hall–Kier alpha value is -2.70. The molecular formula is C16H13F3N4. The van der Waals surface area contributed by atoms with Crippen molar-refractivity contribution in [3.8, 4) is 17.2 Å². The van der Waals surface area contributed by atoms with E-state index in [1.54, 1.807) is 13.0 Å². The van der Waals surface area contributed by atoms with Gasteiger partial charge in [-0.05, 0) is 26.0 Å². The second-order valence-corrected chi connectivity index (χ2v) is 5.20. The van der Waals surface area contributed by atoms with Crippen LogP contribution in [0.25, 0.3) is 17.2 Å². The number of halogens is 3. The van der Waals surface area contributed by atoms with E-state index in [-0.39, 0.29) is 5.95 Å². The molecule has 4 nitrogen and oxygen atoms in total. The van der Waals surface area contributed by atoms with Crippen molar-refractivity contribution in [2.75, 3.05) is 0 Å². The Morgan fingerprint density at radius 1 is 0.957 bits per heavy atom. The van der Waals surface area contributed by atoms with Crippen molar-refractivity contribution in [3.63, 3.8) is 0 Å². The molecular weight excluding hydrogens is 305 g/mol. The summed E-state index contributed by atoms with van der Waals surface area (Å²) in [6, 6.07) is 10.4. The molecule has 0 spiro atoms. The largest absolute Gasteiger partial charge is 0.435 e. The van der Waals surface area contributed by atoms with Gasteiger partial charge in [0.2, 0.25) is 0 Å². The van der Waals surface area contributed by atoms with E-state index in [9.17, 15) is 13.2 Å². The van der Waals surface area contributed by atoms with Crippen molar-refractivity contribution in [2.24, 2.45) is 0 Å². The van der Waals surface area contributed by atoms with E-state index in [2.05, 4.69) is 15.1 Å². The molecule has 118 valence electrons. The Balaban J connectivity index is 2.04. The fraction of sp³-hybridized carbons (Fsp3) is 0.188. The number of hydrogen-bond donors (Lipinski definition) is 0. The van der Waals surface area contributed by atoms with Crippen LogP contribution < -0.4 is 0 Å². The summed E-state index contributed by atoms with van der Waals surface area (Å²) in [5, 5.41) is 3.51. The van der Waals surface area contributed by atoms with Crippen molar-refractivity contribution in [1.82, 2.24) is 19.7 Å². The number of aromatic nitrogens is 4. The van der Waals surface area contributed by atoms with Crippen LogP contribution in [0.4, 0.5) is 13.2 Å². The van der Waals surface area contributed by atoms with Crippen molar-refractivity contribution >= 4 is 0 Å². The van der Waals surface area contributed by atoms with Crippen LogP contribution in [0, 0.1) is 13.8 Å². The predicted molar refractivity (Wildman–Crippen MR) is 79.1 cm³/mol. The van der Waals surface area contributed by atoms with Gasteiger partial charge in [0.25, 0.3) is 5.95 Å². The third-order valence-electron chi connectivity index (χ3n) is 3.27. The highest BCUT2D eigenvalue weighted by Gasteiger charge is 2.33. The highest BCUT2D eigenvalue weighted by atomic mass is 19.4. The number of aryl methyl sites for hydroxylation is 2. The quantitative estimate of drug-likeness (QED) is 0.718. The van der Waals surface area contributed by atoms with Crippen LogP contribution in [0.1, 0.15) is 17.0 Å². The van der Waals surface area contributed by atoms with E-state index in [4.69, 9.17) is 0 Å². The molecule has 0 fully saturated rings. The van der Waals surface area contributed by atoms with Crippen LogP contribution in [0.15, 0.2) is 42.6 Å². The zero-order valence-corrected chi connectivity index (χ0v) is 12.5. The Morgan fingerprint density at radius 2 is 1.65 bits per heavy atom. The summed E-state index contributed by atoms with van der Waals surface area (Å²) in [5.74, 6) is 0.107. The van der Waals surface area contributed by atoms with Crippen molar-refractivity contribution < 1.29 is 13.2 Å². The molecule has 0 saturated carbocycles. The van der Waals surface area contributed by atoms with Crippen LogP contribution in [-0.4, -0.2) is 19.7 Å². The summed E-state index contributed by atoms with van der Waals surface area (Å²) >= 11 is 0. The van der Waals surface area contributed by atoms with Crippen LogP contribution in [0.2, 0.25) is 0 Å². The fourth-order valence-electron chi connectivity index (χ4n) is 2.11. The van der Waals surface area contributed by atoms with Gasteiger partial charge in [0.15, 0.2) is 5.69 Å². The lowest BCUT2D eigenvalue weighted by molar-refractivity contribution is -0.141. The third-order valence-corrected chi connectivity index (χ3v) is 3.27. The van der Waals surface area contributed by atoms with E-state index in [0.29, 0.717) is 11.4 Å². The molecule has 2 aromatic heterocycles. The van der Waals surface area contributed by atoms with E-state index >= 15 is 0 Å². The number of nitrogens with zero attached hydrogens (tertiary/aromatic N) is 4. The van der Waals surface area contributed by atoms with Crippen LogP contribution >= 0.6 is 0 Å². The molecule has 0 atom stereocenters. The lowest BCUT2D eigenvalue weighted by Crippen LogP contribution is -2.09. The topological polar surface area (TPSA) is 43.6 Å². The maximum absolute atomic E-state index is 12.7. The molecule has 7 heteroatoms. The van der Waals surface area contributed by atoms with Crippen molar-refractivity contribution in [2.45, 2.75) is 20.0 Å². The smallest absolute Gasteiger partial charge is 0.216 e. The zero-order valence-electron chi connectivity index (χ0n) is 12.5. The first-order chi connectivity index (χ1) is 10.8. The first-order valence-corrected chi connectivity index (χ1v) is 6.89. The van der Waals surface area contributed by atoms with Gasteiger partial charge in [-0.3, -0.25) is 0 Å². The van der Waals surface area contributed by atoms with Crippen molar-refractivity contribution in [3.05, 3.63) is 59.5 Å². The fourth-order valence-corrected chi connectivity index (χ4v) is 2.11. The number of alkyl halides is 3. The van der Waals surface area contributed by atoms with Crippen LogP contribution in [0.5, 0.6) is 0 Å². The minimum absolute atomic E-state index is 0.107. The van der Waals surface area contributed by atoms with Gasteiger partial charge in [0.1, 0.15) is 0 Å². The number of hydrogen-bond acceptors (Lipinski definition) is 3. The molecule has 0 bridgehead atoms. The molecule has 1 aromatic carbocycles. The highest BCUT2D eigenvalue weighted by molar-refractivity contribution is 5.60. The Kier molecular flexibility index (Phi) is 3.63. The third kappa shape index (κ3) is 3.23. The molecule has 3 rings (SSSR count). The van der Waals surface area contributed by atoms with E-state index in [1.165, 1.54) is 6.20 Å². The lowest BCUT2D eigenvalue weighted by Gasteiger charge is -2.07. The second kappa shape index (κ2) is 5.49. The Bertz CT molecular complexity index is 835. The van der Waals surface area contributed by atoms with Crippen LogP contribution in [-0.2, 0) is 6.18 Å². The van der Waals surface area contributed by atoms with Gasteiger partial charge in [-0.25, -0.2) is 14.6 Å².